The standard InChI is InChI=1S/C20H18N2O2/c1-15-6-4-7-16(14-15)23-13-11-22-18-9-3-2-8-17(18)21-20(22)19-10-5-12-24-19/h2-10,12,14H,11,13H2,1H3/p+1. The Morgan fingerprint density at radius 1 is 1.04 bits per heavy atom. The van der Waals surface area contributed by atoms with Gasteiger partial charge in [0.15, 0.2) is 11.0 Å². The first-order valence-electron chi connectivity index (χ1n) is 8.05. The minimum absolute atomic E-state index is 0.587. The van der Waals surface area contributed by atoms with Crippen molar-refractivity contribution < 1.29 is 13.7 Å². The van der Waals surface area contributed by atoms with Crippen LogP contribution in [0.4, 0.5) is 0 Å². The Balaban J connectivity index is 1.62. The summed E-state index contributed by atoms with van der Waals surface area (Å²) in [5, 5.41) is 0. The highest BCUT2D eigenvalue weighted by Crippen LogP contribution is 2.19. The van der Waals surface area contributed by atoms with Crippen molar-refractivity contribution in [1.82, 2.24) is 4.98 Å². The molecule has 0 spiro atoms. The van der Waals surface area contributed by atoms with Crippen LogP contribution in [0.15, 0.2) is 71.3 Å². The molecule has 2 aromatic carbocycles. The summed E-state index contributed by atoms with van der Waals surface area (Å²) in [5.74, 6) is 2.67. The highest BCUT2D eigenvalue weighted by Gasteiger charge is 2.21. The van der Waals surface area contributed by atoms with Crippen LogP contribution >= 0.6 is 0 Å². The summed E-state index contributed by atoms with van der Waals surface area (Å²) in [4.78, 5) is 3.44. The monoisotopic (exact) mass is 319 g/mol. The van der Waals surface area contributed by atoms with E-state index in [0.717, 1.165) is 34.9 Å². The number of hydrogen-bond acceptors (Lipinski definition) is 2. The first-order chi connectivity index (χ1) is 11.8. The Kier molecular flexibility index (Phi) is 3.79. The molecule has 4 heteroatoms. The van der Waals surface area contributed by atoms with E-state index in [9.17, 15) is 0 Å². The average molecular weight is 319 g/mol. The third-order valence-corrected chi connectivity index (χ3v) is 4.05. The highest BCUT2D eigenvalue weighted by molar-refractivity contribution is 5.73. The number of imidazole rings is 1. The van der Waals surface area contributed by atoms with Crippen molar-refractivity contribution in [2.75, 3.05) is 6.61 Å². The van der Waals surface area contributed by atoms with Crippen molar-refractivity contribution in [2.24, 2.45) is 0 Å². The number of ether oxygens (including phenoxy) is 1. The first-order valence-corrected chi connectivity index (χ1v) is 8.05. The molecule has 0 radical (unpaired) electrons. The third kappa shape index (κ3) is 2.78. The van der Waals surface area contributed by atoms with Gasteiger partial charge in [-0.25, -0.2) is 9.55 Å². The van der Waals surface area contributed by atoms with Gasteiger partial charge in [-0.2, -0.15) is 0 Å². The van der Waals surface area contributed by atoms with Gasteiger partial charge in [-0.15, -0.1) is 0 Å². The summed E-state index contributed by atoms with van der Waals surface area (Å²) >= 11 is 0. The van der Waals surface area contributed by atoms with Crippen LogP contribution in [-0.4, -0.2) is 11.6 Å². The predicted octanol–water partition coefficient (Wildman–Crippen LogP) is 4.10. The van der Waals surface area contributed by atoms with Crippen LogP contribution in [0, 0.1) is 6.92 Å². The third-order valence-electron chi connectivity index (χ3n) is 4.05. The van der Waals surface area contributed by atoms with Crippen LogP contribution in [0.25, 0.3) is 22.6 Å². The number of para-hydroxylation sites is 2. The van der Waals surface area contributed by atoms with Gasteiger partial charge in [-0.05, 0) is 48.9 Å². The Labute approximate surface area is 140 Å². The molecule has 0 aliphatic rings. The fourth-order valence-corrected chi connectivity index (χ4v) is 2.93. The molecule has 0 fully saturated rings. The maximum atomic E-state index is 5.92. The Morgan fingerprint density at radius 2 is 1.96 bits per heavy atom. The number of aromatic nitrogens is 2. The van der Waals surface area contributed by atoms with Gasteiger partial charge in [-0.3, -0.25) is 0 Å². The molecule has 0 amide bonds. The number of rotatable bonds is 5. The molecule has 0 atom stereocenters. The van der Waals surface area contributed by atoms with Gasteiger partial charge in [0, 0.05) is 0 Å². The van der Waals surface area contributed by atoms with Crippen LogP contribution in [0.1, 0.15) is 5.56 Å². The van der Waals surface area contributed by atoms with Crippen molar-refractivity contribution in [2.45, 2.75) is 13.5 Å². The van der Waals surface area contributed by atoms with E-state index < -0.39 is 0 Å². The zero-order valence-electron chi connectivity index (χ0n) is 13.5. The molecule has 0 saturated carbocycles. The molecule has 2 heterocycles. The zero-order chi connectivity index (χ0) is 16.4. The molecule has 0 unspecified atom stereocenters. The van der Waals surface area contributed by atoms with Gasteiger partial charge in [0.1, 0.15) is 18.9 Å². The Hall–Kier alpha value is -3.01. The molecule has 4 rings (SSSR count). The van der Waals surface area contributed by atoms with Crippen LogP contribution < -0.4 is 9.30 Å². The fraction of sp³-hybridized carbons (Fsp3) is 0.150. The fourth-order valence-electron chi connectivity index (χ4n) is 2.93. The van der Waals surface area contributed by atoms with E-state index in [1.165, 1.54) is 5.56 Å². The molecule has 0 saturated heterocycles. The largest absolute Gasteiger partial charge is 0.489 e. The van der Waals surface area contributed by atoms with E-state index in [-0.39, 0.29) is 0 Å². The van der Waals surface area contributed by atoms with E-state index in [2.05, 4.69) is 34.7 Å². The summed E-state index contributed by atoms with van der Waals surface area (Å²) in [6.45, 7) is 3.38. The molecule has 120 valence electrons. The lowest BCUT2D eigenvalue weighted by Crippen LogP contribution is -2.37. The Morgan fingerprint density at radius 3 is 2.79 bits per heavy atom. The van der Waals surface area contributed by atoms with Crippen molar-refractivity contribution in [3.8, 4) is 17.3 Å². The number of nitrogens with zero attached hydrogens (tertiary/aromatic N) is 1. The average Bonchev–Trinajstić information content (AvgIpc) is 3.23. The van der Waals surface area contributed by atoms with Crippen molar-refractivity contribution in [1.29, 1.82) is 0 Å². The summed E-state index contributed by atoms with van der Waals surface area (Å²) < 4.78 is 13.7. The lowest BCUT2D eigenvalue weighted by Gasteiger charge is -2.06. The second-order valence-electron chi connectivity index (χ2n) is 5.78. The molecule has 0 bridgehead atoms. The number of fused-ring (bicyclic) bond motifs is 1. The Bertz CT molecular complexity index is 955. The number of aromatic amines is 1. The van der Waals surface area contributed by atoms with E-state index in [4.69, 9.17) is 9.15 Å². The normalized spacial score (nSPS) is 11.0. The molecular weight excluding hydrogens is 300 g/mol. The maximum Gasteiger partial charge on any atom is 0.324 e. The zero-order valence-corrected chi connectivity index (χ0v) is 13.5. The number of nitrogens with one attached hydrogen (secondary N) is 1. The summed E-state index contributed by atoms with van der Waals surface area (Å²) in [7, 11) is 0. The molecule has 0 aliphatic heterocycles. The van der Waals surface area contributed by atoms with E-state index in [1.807, 2.05) is 42.5 Å². The summed E-state index contributed by atoms with van der Waals surface area (Å²) in [6, 6.07) is 20.2. The van der Waals surface area contributed by atoms with Gasteiger partial charge >= 0.3 is 5.82 Å². The molecule has 0 aliphatic carbocycles. The molecular formula is C20H19N2O2+. The van der Waals surface area contributed by atoms with Gasteiger partial charge < -0.3 is 9.15 Å². The second-order valence-corrected chi connectivity index (χ2v) is 5.78. The highest BCUT2D eigenvalue weighted by atomic mass is 16.5. The van der Waals surface area contributed by atoms with Crippen LogP contribution in [0.2, 0.25) is 0 Å². The number of benzene rings is 2. The van der Waals surface area contributed by atoms with Crippen LogP contribution in [-0.2, 0) is 6.54 Å². The topological polar surface area (TPSA) is 42.0 Å². The number of furan rings is 1. The van der Waals surface area contributed by atoms with Crippen molar-refractivity contribution >= 4 is 11.0 Å². The lowest BCUT2D eigenvalue weighted by atomic mass is 10.2. The number of H-pyrrole nitrogens is 1. The molecule has 4 aromatic rings. The predicted molar refractivity (Wildman–Crippen MR) is 92.9 cm³/mol. The SMILES string of the molecule is Cc1cccc(OCC[n+]2c(-c3ccco3)[nH]c3ccccc32)c1. The lowest BCUT2D eigenvalue weighted by molar-refractivity contribution is -0.661. The van der Waals surface area contributed by atoms with Crippen LogP contribution in [0.3, 0.4) is 0 Å². The van der Waals surface area contributed by atoms with Gasteiger partial charge in [0.2, 0.25) is 5.76 Å². The second kappa shape index (κ2) is 6.24. The van der Waals surface area contributed by atoms with E-state index >= 15 is 0 Å². The first kappa shape index (κ1) is 14.6. The van der Waals surface area contributed by atoms with Crippen molar-refractivity contribution in [3.05, 3.63) is 72.5 Å². The molecule has 24 heavy (non-hydrogen) atoms. The maximum absolute atomic E-state index is 5.92. The van der Waals surface area contributed by atoms with Crippen LogP contribution in [0.5, 0.6) is 5.75 Å². The molecule has 2 aromatic heterocycles. The summed E-state index contributed by atoms with van der Waals surface area (Å²) in [5.41, 5.74) is 3.42. The minimum atomic E-state index is 0.587. The van der Waals surface area contributed by atoms with Gasteiger partial charge in [0.25, 0.3) is 0 Å². The molecule has 1 N–H and O–H groups in total. The van der Waals surface area contributed by atoms with E-state index in [0.29, 0.717) is 6.61 Å². The smallest absolute Gasteiger partial charge is 0.324 e. The summed E-state index contributed by atoms with van der Waals surface area (Å²) in [6.07, 6.45) is 1.69. The van der Waals surface area contributed by atoms with Gasteiger partial charge in [0.05, 0.1) is 6.26 Å². The molecule has 4 nitrogen and oxygen atoms in total. The van der Waals surface area contributed by atoms with Crippen molar-refractivity contribution in [3.63, 3.8) is 0 Å². The van der Waals surface area contributed by atoms with E-state index in [1.54, 1.807) is 6.26 Å². The number of hydrogen-bond donors (Lipinski definition) is 1. The minimum Gasteiger partial charge on any atom is -0.489 e. The number of aryl methyl sites for hydroxylation is 1. The van der Waals surface area contributed by atoms with Gasteiger partial charge in [-0.1, -0.05) is 24.3 Å². The quantitative estimate of drug-likeness (QED) is 0.563.